The van der Waals surface area contributed by atoms with Gasteiger partial charge in [-0.2, -0.15) is 0 Å². The summed E-state index contributed by atoms with van der Waals surface area (Å²) in [6.45, 7) is -2.73. The van der Waals surface area contributed by atoms with Crippen LogP contribution in [0, 0.1) is 0 Å². The highest BCUT2D eigenvalue weighted by atomic mass is 16.8. The van der Waals surface area contributed by atoms with Gasteiger partial charge in [0.25, 0.3) is 0 Å². The number of hydrogen-bond donors (Lipinski definition) is 17. The monoisotopic (exact) mass is 883 g/mol. The van der Waals surface area contributed by atoms with Crippen LogP contribution in [0.3, 0.4) is 0 Å². The summed E-state index contributed by atoms with van der Waals surface area (Å²) in [6, 6.07) is -1.58. The average molecular weight is 884 g/mol. The van der Waals surface area contributed by atoms with Crippen LogP contribution in [0.5, 0.6) is 0 Å². The maximum atomic E-state index is 12.3. The summed E-state index contributed by atoms with van der Waals surface area (Å²) in [6.07, 6.45) is -47.9. The molecule has 5 fully saturated rings. The predicted molar refractivity (Wildman–Crippen MR) is 179 cm³/mol. The van der Waals surface area contributed by atoms with E-state index in [1.165, 1.54) is 0 Å². The Bertz CT molecular complexity index is 1400. The molecule has 5 aliphatic rings. The number of carbonyl (C=O) groups is 2. The van der Waals surface area contributed by atoms with E-state index in [1.54, 1.807) is 0 Å². The Kier molecular flexibility index (Phi) is 16.9. The van der Waals surface area contributed by atoms with Crippen LogP contribution < -0.4 is 5.32 Å². The van der Waals surface area contributed by atoms with Crippen molar-refractivity contribution >= 4 is 11.9 Å². The Balaban J connectivity index is 1.37. The largest absolute Gasteiger partial charge is 0.479 e. The first kappa shape index (κ1) is 49.0. The van der Waals surface area contributed by atoms with Gasteiger partial charge >= 0.3 is 5.97 Å². The van der Waals surface area contributed by atoms with Crippen molar-refractivity contribution in [3.05, 3.63) is 0 Å². The van der Waals surface area contributed by atoms with Crippen LogP contribution in [0.25, 0.3) is 0 Å². The van der Waals surface area contributed by atoms with Crippen molar-refractivity contribution in [2.75, 3.05) is 26.4 Å². The highest BCUT2D eigenvalue weighted by Gasteiger charge is 2.57. The molecule has 5 aliphatic heterocycles. The zero-order chi connectivity index (χ0) is 44.5. The van der Waals surface area contributed by atoms with Gasteiger partial charge in [-0.1, -0.05) is 0 Å². The standard InChI is InChI=1S/C32H53NO27/c1-6(38)33-11-22(14(41)9(4-36)52-28(11)51)56-32-25(17(44)13(40)8(3-35)55-32)59-31-21(48)23(15(42)10(5-37)54-31)57-30-20(47)18(45)24(26(60-30)27(49)50)58-29-19(46)16(43)12(39)7(2-34)53-29/h7-26,28-32,34-37,39-48,51H,2-5H2,1H3,(H,33,38)(H,49,50)/t7-,8-,9-,10-,11-,12-,13-,14+,15-,16+,17+,18-,19-,20-,21+,22-,23+,24+,25+,26+,28-,29-,30+,31-,32-/m1/s1. The van der Waals surface area contributed by atoms with E-state index in [1.807, 2.05) is 0 Å². The number of nitrogens with one attached hydrogen (secondary N) is 1. The summed E-state index contributed by atoms with van der Waals surface area (Å²) in [5.74, 6) is -2.63. The first-order chi connectivity index (χ1) is 28.3. The second-order valence-corrected chi connectivity index (χ2v) is 14.7. The molecule has 0 aromatic rings. The van der Waals surface area contributed by atoms with Gasteiger partial charge in [-0.05, 0) is 0 Å². The number of amides is 1. The molecule has 1 amide bonds. The van der Waals surface area contributed by atoms with Gasteiger partial charge in [0.15, 0.2) is 37.6 Å². The lowest BCUT2D eigenvalue weighted by molar-refractivity contribution is -0.396. The van der Waals surface area contributed by atoms with Gasteiger partial charge < -0.3 is 130 Å². The number of ether oxygens (including phenoxy) is 9. The van der Waals surface area contributed by atoms with Gasteiger partial charge in [-0.3, -0.25) is 4.79 Å². The molecule has 5 heterocycles. The van der Waals surface area contributed by atoms with Gasteiger partial charge in [0.1, 0.15) is 116 Å². The third-order valence-electron chi connectivity index (χ3n) is 10.7. The minimum absolute atomic E-state index is 0.753. The fraction of sp³-hybridized carbons (Fsp3) is 0.938. The van der Waals surface area contributed by atoms with Crippen molar-refractivity contribution in [1.29, 1.82) is 0 Å². The summed E-state index contributed by atoms with van der Waals surface area (Å²) >= 11 is 0. The quantitative estimate of drug-likeness (QED) is 0.0770. The molecule has 0 aliphatic carbocycles. The van der Waals surface area contributed by atoms with Crippen molar-refractivity contribution in [2.24, 2.45) is 0 Å². The number of carboxylic acid groups (broad SMARTS) is 1. The second kappa shape index (κ2) is 20.7. The van der Waals surface area contributed by atoms with Gasteiger partial charge in [0.2, 0.25) is 5.91 Å². The molecule has 0 bridgehead atoms. The zero-order valence-corrected chi connectivity index (χ0v) is 31.4. The van der Waals surface area contributed by atoms with E-state index >= 15 is 0 Å². The number of aliphatic carboxylic acids is 1. The first-order valence-corrected chi connectivity index (χ1v) is 18.6. The van der Waals surface area contributed by atoms with Crippen molar-refractivity contribution in [3.8, 4) is 0 Å². The summed E-state index contributed by atoms with van der Waals surface area (Å²) in [7, 11) is 0. The Hall–Kier alpha value is -2.02. The third-order valence-corrected chi connectivity index (χ3v) is 10.7. The third kappa shape index (κ3) is 10.0. The molecule has 0 radical (unpaired) electrons. The fourth-order valence-corrected chi connectivity index (χ4v) is 7.37. The van der Waals surface area contributed by atoms with Crippen molar-refractivity contribution in [1.82, 2.24) is 5.32 Å². The van der Waals surface area contributed by atoms with Gasteiger partial charge in [-0.15, -0.1) is 0 Å². The second-order valence-electron chi connectivity index (χ2n) is 14.7. The SMILES string of the molecule is CC(=O)N[C@@H]1[C@@H](O[C@H]2O[C@H](CO)[C@@H](O)[C@H](O)[C@@H]2O[C@H]2O[C@H](CO)[C@@H](O)[C@H](O[C@H]3O[C@H](C(=O)O)[C@@H](O[C@H]4O[C@H](CO)[C@@H](O)[C@H](O)[C@H]4O)[C@H](O)[C@H]3O)[C@@H]2O)[C@@H](O)[C@@H](CO)O[C@H]1O. The first-order valence-electron chi connectivity index (χ1n) is 18.6. The average Bonchev–Trinajstić information content (AvgIpc) is 3.21. The smallest absolute Gasteiger partial charge is 0.335 e. The molecule has 348 valence electrons. The minimum atomic E-state index is -2.32. The number of aliphatic hydroxyl groups excluding tert-OH is 15. The van der Waals surface area contributed by atoms with Crippen molar-refractivity contribution < 1.29 is 134 Å². The topological polar surface area (TPSA) is 453 Å². The number of carbonyl (C=O) groups excluding carboxylic acids is 1. The molecule has 0 unspecified atom stereocenters. The van der Waals surface area contributed by atoms with Crippen molar-refractivity contribution in [3.63, 3.8) is 0 Å². The van der Waals surface area contributed by atoms with Crippen LogP contribution in [0.1, 0.15) is 6.92 Å². The van der Waals surface area contributed by atoms with E-state index in [0.29, 0.717) is 0 Å². The molecule has 60 heavy (non-hydrogen) atoms. The Morgan fingerprint density at radius 2 is 0.850 bits per heavy atom. The molecule has 28 nitrogen and oxygen atoms in total. The lowest BCUT2D eigenvalue weighted by Gasteiger charge is -2.50. The Morgan fingerprint density at radius 3 is 1.40 bits per heavy atom. The maximum Gasteiger partial charge on any atom is 0.335 e. The predicted octanol–water partition coefficient (Wildman–Crippen LogP) is -11.7. The lowest BCUT2D eigenvalue weighted by Crippen LogP contribution is -2.69. The summed E-state index contributed by atoms with van der Waals surface area (Å²) in [4.78, 5) is 24.3. The van der Waals surface area contributed by atoms with E-state index < -0.39 is 192 Å². The van der Waals surface area contributed by atoms with Crippen LogP contribution in [0.4, 0.5) is 0 Å². The van der Waals surface area contributed by atoms with E-state index in [2.05, 4.69) is 5.32 Å². The molecule has 0 aromatic carbocycles. The number of hydrogen-bond acceptors (Lipinski definition) is 26. The van der Waals surface area contributed by atoms with Gasteiger partial charge in [0.05, 0.1) is 26.4 Å². The van der Waals surface area contributed by atoms with E-state index in [4.69, 9.17) is 42.6 Å². The molecule has 25 atom stereocenters. The summed E-state index contributed by atoms with van der Waals surface area (Å²) in [5.41, 5.74) is 0. The Morgan fingerprint density at radius 1 is 0.450 bits per heavy atom. The molecular formula is C32H53NO27. The zero-order valence-electron chi connectivity index (χ0n) is 31.4. The highest BCUT2D eigenvalue weighted by molar-refractivity contribution is 5.73. The number of rotatable bonds is 14. The lowest BCUT2D eigenvalue weighted by atomic mass is 9.95. The van der Waals surface area contributed by atoms with Gasteiger partial charge in [0, 0.05) is 6.92 Å². The number of aliphatic hydroxyl groups is 15. The molecule has 0 spiro atoms. The van der Waals surface area contributed by atoms with E-state index in [0.717, 1.165) is 6.92 Å². The summed E-state index contributed by atoms with van der Waals surface area (Å²) in [5, 5.41) is 170. The normalized spacial score (nSPS) is 50.2. The van der Waals surface area contributed by atoms with Crippen molar-refractivity contribution in [2.45, 2.75) is 160 Å². The fourth-order valence-electron chi connectivity index (χ4n) is 7.37. The van der Waals surface area contributed by atoms with Crippen LogP contribution in [0.15, 0.2) is 0 Å². The van der Waals surface area contributed by atoms with Crippen LogP contribution in [-0.2, 0) is 52.2 Å². The van der Waals surface area contributed by atoms with E-state index in [9.17, 15) is 91.3 Å². The molecule has 0 saturated carbocycles. The molecule has 5 saturated heterocycles. The maximum absolute atomic E-state index is 12.3. The molecule has 28 heteroatoms. The Labute approximate surface area is 338 Å². The highest BCUT2D eigenvalue weighted by Crippen LogP contribution is 2.36. The van der Waals surface area contributed by atoms with Gasteiger partial charge in [-0.25, -0.2) is 4.79 Å². The van der Waals surface area contributed by atoms with Crippen LogP contribution >= 0.6 is 0 Å². The minimum Gasteiger partial charge on any atom is -0.479 e. The molecule has 0 aromatic heterocycles. The molecule has 5 rings (SSSR count). The van der Waals surface area contributed by atoms with Crippen LogP contribution in [0.2, 0.25) is 0 Å². The number of carboxylic acids is 1. The van der Waals surface area contributed by atoms with Crippen LogP contribution in [-0.4, -0.2) is 273 Å². The summed E-state index contributed by atoms with van der Waals surface area (Å²) < 4.78 is 49.3. The molecule has 17 N–H and O–H groups in total. The molecular weight excluding hydrogens is 830 g/mol. The van der Waals surface area contributed by atoms with E-state index in [-0.39, 0.29) is 0 Å².